The van der Waals surface area contributed by atoms with E-state index in [1.165, 1.54) is 0 Å². The number of carbonyl (C=O) groups is 1. The molecule has 0 aromatic carbocycles. The lowest BCUT2D eigenvalue weighted by atomic mass is 9.56. The summed E-state index contributed by atoms with van der Waals surface area (Å²) in [5.74, 6) is -0.105. The average Bonchev–Trinajstić information content (AvgIpc) is 2.81. The molecule has 1 saturated carbocycles. The topological polar surface area (TPSA) is 76.4 Å². The lowest BCUT2D eigenvalue weighted by molar-refractivity contribution is -0.238. The van der Waals surface area contributed by atoms with Crippen molar-refractivity contribution in [3.63, 3.8) is 0 Å². The minimum atomic E-state index is -0.905. The molecule has 1 aliphatic carbocycles. The molecule has 0 aliphatic heterocycles. The summed E-state index contributed by atoms with van der Waals surface area (Å²) >= 11 is 0. The number of aliphatic hydroxyl groups is 1. The van der Waals surface area contributed by atoms with Gasteiger partial charge in [-0.3, -0.25) is 9.48 Å². The van der Waals surface area contributed by atoms with Crippen LogP contribution in [0.1, 0.15) is 32.8 Å². The second kappa shape index (κ2) is 5.77. The Balaban J connectivity index is 1.84. The molecule has 0 radical (unpaired) electrons. The number of aromatic nitrogens is 2. The number of aryl methyl sites for hydroxylation is 1. The summed E-state index contributed by atoms with van der Waals surface area (Å²) in [6.07, 6.45) is 4.36. The maximum absolute atomic E-state index is 11.9. The molecule has 118 valence electrons. The zero-order chi connectivity index (χ0) is 15.7. The monoisotopic (exact) mass is 295 g/mol. The van der Waals surface area contributed by atoms with Crippen molar-refractivity contribution >= 4 is 5.91 Å². The van der Waals surface area contributed by atoms with E-state index in [0.717, 1.165) is 5.56 Å². The molecule has 2 N–H and O–H groups in total. The van der Waals surface area contributed by atoms with Crippen LogP contribution in [0.5, 0.6) is 0 Å². The van der Waals surface area contributed by atoms with Crippen LogP contribution in [0, 0.1) is 5.41 Å². The fourth-order valence-electron chi connectivity index (χ4n) is 2.82. The summed E-state index contributed by atoms with van der Waals surface area (Å²) in [6.45, 7) is 6.79. The zero-order valence-corrected chi connectivity index (χ0v) is 13.2. The Kier molecular flexibility index (Phi) is 4.39. The summed E-state index contributed by atoms with van der Waals surface area (Å²) in [7, 11) is 1.81. The molecule has 21 heavy (non-hydrogen) atoms. The van der Waals surface area contributed by atoms with Gasteiger partial charge in [-0.25, -0.2) is 0 Å². The smallest absolute Gasteiger partial charge is 0.224 e. The van der Waals surface area contributed by atoms with E-state index < -0.39 is 5.60 Å². The van der Waals surface area contributed by atoms with Crippen LogP contribution in [-0.4, -0.2) is 45.7 Å². The third kappa shape index (κ3) is 3.11. The fraction of sp³-hybridized carbons (Fsp3) is 0.733. The predicted molar refractivity (Wildman–Crippen MR) is 78.7 cm³/mol. The normalized spacial score (nSPS) is 27.2. The molecule has 0 saturated heterocycles. The molecule has 0 spiro atoms. The minimum absolute atomic E-state index is 0.0442. The third-order valence-corrected chi connectivity index (χ3v) is 4.60. The Bertz CT molecular complexity index is 512. The quantitative estimate of drug-likeness (QED) is 0.808. The Hall–Kier alpha value is -1.40. The Morgan fingerprint density at radius 1 is 1.62 bits per heavy atom. The third-order valence-electron chi connectivity index (χ3n) is 4.60. The summed E-state index contributed by atoms with van der Waals surface area (Å²) in [6, 6.07) is 0. The SMILES string of the molecule is CCO[C@H]1C[C@@](O)(CNC(=O)Cc2cnn(C)c2)C1(C)C. The number of rotatable bonds is 6. The van der Waals surface area contributed by atoms with E-state index in [-0.39, 0.29) is 30.4 Å². The van der Waals surface area contributed by atoms with Gasteiger partial charge >= 0.3 is 0 Å². The van der Waals surface area contributed by atoms with Gasteiger partial charge in [-0.2, -0.15) is 5.10 Å². The summed E-state index contributed by atoms with van der Waals surface area (Å²) in [5.41, 5.74) is -0.399. The number of hydrogen-bond acceptors (Lipinski definition) is 4. The molecule has 1 amide bonds. The fourth-order valence-corrected chi connectivity index (χ4v) is 2.82. The van der Waals surface area contributed by atoms with Crippen LogP contribution in [0.2, 0.25) is 0 Å². The summed E-state index contributed by atoms with van der Waals surface area (Å²) in [4.78, 5) is 11.9. The molecule has 0 unspecified atom stereocenters. The van der Waals surface area contributed by atoms with Crippen LogP contribution < -0.4 is 5.32 Å². The van der Waals surface area contributed by atoms with E-state index in [2.05, 4.69) is 10.4 Å². The first-order valence-electron chi connectivity index (χ1n) is 7.36. The lowest BCUT2D eigenvalue weighted by Gasteiger charge is -2.57. The van der Waals surface area contributed by atoms with Crippen LogP contribution in [-0.2, 0) is 23.0 Å². The van der Waals surface area contributed by atoms with E-state index in [0.29, 0.717) is 13.0 Å². The maximum atomic E-state index is 11.9. The zero-order valence-electron chi connectivity index (χ0n) is 13.2. The van der Waals surface area contributed by atoms with E-state index >= 15 is 0 Å². The number of nitrogens with zero attached hydrogens (tertiary/aromatic N) is 2. The van der Waals surface area contributed by atoms with Crippen LogP contribution in [0.3, 0.4) is 0 Å². The highest BCUT2D eigenvalue weighted by atomic mass is 16.5. The van der Waals surface area contributed by atoms with Gasteiger partial charge in [0.2, 0.25) is 5.91 Å². The van der Waals surface area contributed by atoms with Gasteiger partial charge in [0, 0.05) is 38.2 Å². The van der Waals surface area contributed by atoms with Crippen LogP contribution in [0.4, 0.5) is 0 Å². The maximum Gasteiger partial charge on any atom is 0.224 e. The van der Waals surface area contributed by atoms with Crippen molar-refractivity contribution in [3.05, 3.63) is 18.0 Å². The van der Waals surface area contributed by atoms with E-state index in [4.69, 9.17) is 4.74 Å². The Morgan fingerprint density at radius 3 is 2.86 bits per heavy atom. The average molecular weight is 295 g/mol. The summed E-state index contributed by atoms with van der Waals surface area (Å²) < 4.78 is 7.27. The highest BCUT2D eigenvalue weighted by Crippen LogP contribution is 2.50. The molecule has 1 heterocycles. The van der Waals surface area contributed by atoms with E-state index in [1.807, 2.05) is 34.0 Å². The van der Waals surface area contributed by atoms with Gasteiger partial charge in [0.05, 0.1) is 24.3 Å². The molecule has 1 fully saturated rings. The number of ether oxygens (including phenoxy) is 1. The largest absolute Gasteiger partial charge is 0.387 e. The summed E-state index contributed by atoms with van der Waals surface area (Å²) in [5, 5.41) is 17.5. The van der Waals surface area contributed by atoms with E-state index in [9.17, 15) is 9.90 Å². The van der Waals surface area contributed by atoms with Crippen molar-refractivity contribution in [1.29, 1.82) is 0 Å². The van der Waals surface area contributed by atoms with Crippen molar-refractivity contribution in [2.24, 2.45) is 12.5 Å². The van der Waals surface area contributed by atoms with Crippen LogP contribution in [0.15, 0.2) is 12.4 Å². The van der Waals surface area contributed by atoms with Gasteiger partial charge in [0.1, 0.15) is 0 Å². The van der Waals surface area contributed by atoms with Crippen molar-refractivity contribution in [3.8, 4) is 0 Å². The highest BCUT2D eigenvalue weighted by Gasteiger charge is 2.59. The number of hydrogen-bond donors (Lipinski definition) is 2. The molecular weight excluding hydrogens is 270 g/mol. The second-order valence-corrected chi connectivity index (χ2v) is 6.38. The molecule has 0 bridgehead atoms. The van der Waals surface area contributed by atoms with Gasteiger partial charge in [-0.1, -0.05) is 13.8 Å². The molecular formula is C15H25N3O3. The van der Waals surface area contributed by atoms with Crippen molar-refractivity contribution in [2.75, 3.05) is 13.2 Å². The Labute approximate surface area is 125 Å². The molecule has 2 rings (SSSR count). The van der Waals surface area contributed by atoms with Gasteiger partial charge in [-0.15, -0.1) is 0 Å². The molecule has 1 aromatic rings. The molecule has 1 aliphatic rings. The van der Waals surface area contributed by atoms with Gasteiger partial charge in [0.25, 0.3) is 0 Å². The van der Waals surface area contributed by atoms with Gasteiger partial charge in [-0.05, 0) is 12.5 Å². The number of nitrogens with one attached hydrogen (secondary N) is 1. The van der Waals surface area contributed by atoms with Crippen molar-refractivity contribution in [1.82, 2.24) is 15.1 Å². The van der Waals surface area contributed by atoms with Gasteiger partial charge in [0.15, 0.2) is 0 Å². The van der Waals surface area contributed by atoms with Gasteiger partial charge < -0.3 is 15.2 Å². The molecule has 6 heteroatoms. The first-order valence-corrected chi connectivity index (χ1v) is 7.36. The number of carbonyl (C=O) groups excluding carboxylic acids is 1. The second-order valence-electron chi connectivity index (χ2n) is 6.38. The highest BCUT2D eigenvalue weighted by molar-refractivity contribution is 5.78. The predicted octanol–water partition coefficient (Wildman–Crippen LogP) is 0.645. The minimum Gasteiger partial charge on any atom is -0.387 e. The molecule has 6 nitrogen and oxygen atoms in total. The lowest BCUT2D eigenvalue weighted by Crippen LogP contribution is -2.68. The molecule has 1 aromatic heterocycles. The first-order chi connectivity index (χ1) is 9.78. The van der Waals surface area contributed by atoms with Crippen LogP contribution >= 0.6 is 0 Å². The number of amides is 1. The first kappa shape index (κ1) is 16.0. The van der Waals surface area contributed by atoms with Crippen molar-refractivity contribution in [2.45, 2.75) is 45.3 Å². The molecule has 2 atom stereocenters. The van der Waals surface area contributed by atoms with E-state index in [1.54, 1.807) is 10.9 Å². The Morgan fingerprint density at radius 2 is 2.33 bits per heavy atom. The van der Waals surface area contributed by atoms with Crippen LogP contribution in [0.25, 0.3) is 0 Å². The van der Waals surface area contributed by atoms with Crippen molar-refractivity contribution < 1.29 is 14.6 Å². The standard InChI is InChI=1S/C15H25N3O3/c1-5-21-12-7-15(20,14(12,2)3)10-16-13(19)6-11-8-17-18(4)9-11/h8-9,12,20H,5-7,10H2,1-4H3,(H,16,19)/t12-,15+/m0/s1.